The van der Waals surface area contributed by atoms with Crippen molar-refractivity contribution >= 4 is 17.6 Å². The van der Waals surface area contributed by atoms with Gasteiger partial charge < -0.3 is 19.4 Å². The summed E-state index contributed by atoms with van der Waals surface area (Å²) in [5.74, 6) is -0.748. The predicted octanol–water partition coefficient (Wildman–Crippen LogP) is 4.94. The second-order valence-corrected chi connectivity index (χ2v) is 8.90. The van der Waals surface area contributed by atoms with Crippen molar-refractivity contribution in [2.45, 2.75) is 58.0 Å². The SMILES string of the molecule is CCCc1oc(N2CCCC2)nc1C(=O)Nc1cc(F)c(OC2CC3CC3C2)c(F)c1. The summed E-state index contributed by atoms with van der Waals surface area (Å²) in [6, 6.07) is 2.61. The first kappa shape index (κ1) is 20.3. The third-order valence-electron chi connectivity index (χ3n) is 6.50. The molecule has 1 saturated heterocycles. The molecule has 6 nitrogen and oxygen atoms in total. The number of fused-ring (bicyclic) bond motifs is 1. The van der Waals surface area contributed by atoms with E-state index in [1.54, 1.807) is 0 Å². The van der Waals surface area contributed by atoms with Gasteiger partial charge in [-0.15, -0.1) is 0 Å². The van der Waals surface area contributed by atoms with Gasteiger partial charge in [-0.1, -0.05) is 6.92 Å². The van der Waals surface area contributed by atoms with Crippen LogP contribution in [0.3, 0.4) is 0 Å². The first-order chi connectivity index (χ1) is 15.0. The summed E-state index contributed by atoms with van der Waals surface area (Å²) in [5, 5.41) is 2.56. The highest BCUT2D eigenvalue weighted by atomic mass is 19.1. The molecule has 0 radical (unpaired) electrons. The van der Waals surface area contributed by atoms with E-state index < -0.39 is 17.5 Å². The van der Waals surface area contributed by atoms with Crippen molar-refractivity contribution in [2.24, 2.45) is 11.8 Å². The monoisotopic (exact) mass is 431 g/mol. The third kappa shape index (κ3) is 4.12. The fraction of sp³-hybridized carbons (Fsp3) is 0.565. The molecule has 2 aromatic rings. The van der Waals surface area contributed by atoms with Gasteiger partial charge >= 0.3 is 0 Å². The lowest BCUT2D eigenvalue weighted by molar-refractivity contribution is 0.102. The quantitative estimate of drug-likeness (QED) is 0.673. The molecule has 1 amide bonds. The normalized spacial score (nSPS) is 24.4. The van der Waals surface area contributed by atoms with E-state index in [0.29, 0.717) is 30.0 Å². The summed E-state index contributed by atoms with van der Waals surface area (Å²) in [6.07, 6.45) is 6.24. The zero-order chi connectivity index (χ0) is 21.5. The predicted molar refractivity (Wildman–Crippen MR) is 112 cm³/mol. The minimum Gasteiger partial charge on any atom is -0.484 e. The van der Waals surface area contributed by atoms with Crippen molar-refractivity contribution in [2.75, 3.05) is 23.3 Å². The molecule has 1 aliphatic heterocycles. The molecule has 3 fully saturated rings. The van der Waals surface area contributed by atoms with E-state index in [1.807, 2.05) is 11.8 Å². The summed E-state index contributed by atoms with van der Waals surface area (Å²) < 4.78 is 40.6. The van der Waals surface area contributed by atoms with Gasteiger partial charge in [-0.25, -0.2) is 8.78 Å². The molecule has 2 unspecified atom stereocenters. The fourth-order valence-electron chi connectivity index (χ4n) is 4.81. The number of carbonyl (C=O) groups excluding carboxylic acids is 1. The Morgan fingerprint density at radius 1 is 1.19 bits per heavy atom. The minimum atomic E-state index is -0.817. The number of nitrogens with zero attached hydrogens (tertiary/aromatic N) is 2. The lowest BCUT2D eigenvalue weighted by atomic mass is 10.2. The van der Waals surface area contributed by atoms with Gasteiger partial charge in [0.2, 0.25) is 0 Å². The van der Waals surface area contributed by atoms with Crippen LogP contribution in [-0.4, -0.2) is 30.1 Å². The van der Waals surface area contributed by atoms with E-state index in [-0.39, 0.29) is 23.2 Å². The van der Waals surface area contributed by atoms with E-state index in [0.717, 1.165) is 57.3 Å². The second-order valence-electron chi connectivity index (χ2n) is 8.90. The standard InChI is InChI=1S/C23H27F2N3O3/c1-2-5-19-20(27-23(31-19)28-6-3-4-7-28)22(29)26-15-11-17(24)21(18(25)12-15)30-16-9-13-8-14(13)10-16/h11-14,16H,2-10H2,1H3,(H,26,29). The first-order valence-corrected chi connectivity index (χ1v) is 11.2. The van der Waals surface area contributed by atoms with Crippen LogP contribution in [0.1, 0.15) is 61.7 Å². The summed E-state index contributed by atoms with van der Waals surface area (Å²) in [7, 11) is 0. The maximum atomic E-state index is 14.6. The molecule has 3 aliphatic rings. The zero-order valence-electron chi connectivity index (χ0n) is 17.6. The van der Waals surface area contributed by atoms with E-state index in [9.17, 15) is 13.6 Å². The molecule has 0 bridgehead atoms. The number of nitrogens with one attached hydrogen (secondary N) is 1. The number of amides is 1. The van der Waals surface area contributed by atoms with Gasteiger partial charge in [-0.3, -0.25) is 4.79 Å². The number of anilines is 2. The van der Waals surface area contributed by atoms with E-state index in [1.165, 1.54) is 6.42 Å². The fourth-order valence-corrected chi connectivity index (χ4v) is 4.81. The molecule has 31 heavy (non-hydrogen) atoms. The molecular formula is C23H27F2N3O3. The maximum absolute atomic E-state index is 14.6. The number of rotatable bonds is 7. The van der Waals surface area contributed by atoms with Gasteiger partial charge in [0.05, 0.1) is 6.10 Å². The van der Waals surface area contributed by atoms with Crippen LogP contribution in [0, 0.1) is 23.5 Å². The Balaban J connectivity index is 1.31. The maximum Gasteiger partial charge on any atom is 0.298 e. The van der Waals surface area contributed by atoms with Crippen LogP contribution in [0.2, 0.25) is 0 Å². The van der Waals surface area contributed by atoms with Crippen molar-refractivity contribution in [1.29, 1.82) is 0 Å². The van der Waals surface area contributed by atoms with Gasteiger partial charge in [0.15, 0.2) is 23.1 Å². The van der Waals surface area contributed by atoms with E-state index in [4.69, 9.17) is 9.15 Å². The molecule has 2 atom stereocenters. The molecular weight excluding hydrogens is 404 g/mol. The molecule has 2 saturated carbocycles. The summed E-state index contributed by atoms with van der Waals surface area (Å²) >= 11 is 0. The largest absolute Gasteiger partial charge is 0.484 e. The lowest BCUT2D eigenvalue weighted by Crippen LogP contribution is -2.19. The minimum absolute atomic E-state index is 0.0230. The van der Waals surface area contributed by atoms with E-state index in [2.05, 4.69) is 10.3 Å². The number of aromatic nitrogens is 1. The Bertz CT molecular complexity index is 953. The second kappa shape index (κ2) is 8.13. The van der Waals surface area contributed by atoms with Crippen molar-refractivity contribution in [3.05, 3.63) is 35.2 Å². The number of aryl methyl sites for hydroxylation is 1. The molecule has 1 aromatic carbocycles. The van der Waals surface area contributed by atoms with Gasteiger partial charge in [-0.2, -0.15) is 4.98 Å². The first-order valence-electron chi connectivity index (χ1n) is 11.2. The van der Waals surface area contributed by atoms with Crippen molar-refractivity contribution in [3.63, 3.8) is 0 Å². The van der Waals surface area contributed by atoms with Crippen LogP contribution in [-0.2, 0) is 6.42 Å². The topological polar surface area (TPSA) is 67.6 Å². The van der Waals surface area contributed by atoms with Crippen molar-refractivity contribution < 1.29 is 22.7 Å². The highest BCUT2D eigenvalue weighted by molar-refractivity contribution is 6.03. The Labute approximate surface area is 180 Å². The zero-order valence-corrected chi connectivity index (χ0v) is 17.6. The van der Waals surface area contributed by atoms with E-state index >= 15 is 0 Å². The Morgan fingerprint density at radius 3 is 2.52 bits per heavy atom. The molecule has 0 spiro atoms. The van der Waals surface area contributed by atoms with Crippen LogP contribution in [0.25, 0.3) is 0 Å². The average Bonchev–Trinajstić information content (AvgIpc) is 3.17. The van der Waals surface area contributed by atoms with Crippen molar-refractivity contribution in [1.82, 2.24) is 4.98 Å². The van der Waals surface area contributed by atoms with Gasteiger partial charge in [-0.05, 0) is 50.4 Å². The lowest BCUT2D eigenvalue weighted by Gasteiger charge is -2.17. The van der Waals surface area contributed by atoms with Crippen LogP contribution < -0.4 is 15.0 Å². The van der Waals surface area contributed by atoms with Crippen LogP contribution in [0.15, 0.2) is 16.5 Å². The Morgan fingerprint density at radius 2 is 1.87 bits per heavy atom. The summed E-state index contributed by atoms with van der Waals surface area (Å²) in [6.45, 7) is 3.66. The smallest absolute Gasteiger partial charge is 0.298 e. The van der Waals surface area contributed by atoms with Crippen LogP contribution >= 0.6 is 0 Å². The number of carbonyl (C=O) groups is 1. The number of hydrogen-bond acceptors (Lipinski definition) is 5. The average molecular weight is 431 g/mol. The van der Waals surface area contributed by atoms with Crippen molar-refractivity contribution in [3.8, 4) is 5.75 Å². The number of halogens is 2. The van der Waals surface area contributed by atoms with Gasteiger partial charge in [0, 0.05) is 37.3 Å². The highest BCUT2D eigenvalue weighted by Crippen LogP contribution is 2.52. The number of hydrogen-bond donors (Lipinski definition) is 1. The third-order valence-corrected chi connectivity index (χ3v) is 6.50. The molecule has 2 heterocycles. The number of ether oxygens (including phenoxy) is 1. The molecule has 8 heteroatoms. The Hall–Kier alpha value is -2.64. The molecule has 1 N–H and O–H groups in total. The van der Waals surface area contributed by atoms with Gasteiger partial charge in [0.25, 0.3) is 11.9 Å². The number of oxazole rings is 1. The molecule has 1 aromatic heterocycles. The number of benzene rings is 1. The molecule has 166 valence electrons. The van der Waals surface area contributed by atoms with Gasteiger partial charge in [0.1, 0.15) is 5.76 Å². The summed E-state index contributed by atoms with van der Waals surface area (Å²) in [4.78, 5) is 19.2. The Kier molecular flexibility index (Phi) is 5.32. The molecule has 5 rings (SSSR count). The summed E-state index contributed by atoms with van der Waals surface area (Å²) in [5.41, 5.74) is 0.185. The molecule has 2 aliphatic carbocycles. The van der Waals surface area contributed by atoms with Crippen LogP contribution in [0.4, 0.5) is 20.5 Å². The van der Waals surface area contributed by atoms with Crippen LogP contribution in [0.5, 0.6) is 5.75 Å². The highest BCUT2D eigenvalue weighted by Gasteiger charge is 2.47.